The molecule has 0 amide bonds. The van der Waals surface area contributed by atoms with Crippen molar-refractivity contribution in [3.05, 3.63) is 38.0 Å². The molecule has 0 unspecified atom stereocenters. The molecule has 0 aromatic heterocycles. The lowest BCUT2D eigenvalue weighted by Crippen LogP contribution is -2.45. The van der Waals surface area contributed by atoms with Crippen LogP contribution in [0.2, 0.25) is 0 Å². The van der Waals surface area contributed by atoms with Crippen molar-refractivity contribution in [3.63, 3.8) is 0 Å². The Hall–Kier alpha value is -2.41. The van der Waals surface area contributed by atoms with E-state index < -0.39 is 23.3 Å². The number of ether oxygens (including phenoxy) is 3. The van der Waals surface area contributed by atoms with Gasteiger partial charge in [-0.2, -0.15) is 0 Å². The zero-order valence-electron chi connectivity index (χ0n) is 11.7. The van der Waals surface area contributed by atoms with E-state index in [1.165, 1.54) is 0 Å². The number of rotatable bonds is 10. The van der Waals surface area contributed by atoms with Gasteiger partial charge in [0.2, 0.25) is 0 Å². The summed E-state index contributed by atoms with van der Waals surface area (Å²) in [5.41, 5.74) is 4.58. The van der Waals surface area contributed by atoms with Crippen LogP contribution >= 0.6 is 0 Å². The molecule has 0 bridgehead atoms. The summed E-state index contributed by atoms with van der Waals surface area (Å²) >= 11 is 0. The van der Waals surface area contributed by atoms with E-state index in [0.29, 0.717) is 0 Å². The van der Waals surface area contributed by atoms with E-state index in [1.807, 2.05) is 0 Å². The van der Waals surface area contributed by atoms with Crippen LogP contribution in [0.4, 0.5) is 0 Å². The maximum atomic E-state index is 11.1. The summed E-state index contributed by atoms with van der Waals surface area (Å²) in [4.78, 5) is 33.4. The molecule has 116 valence electrons. The molecule has 0 saturated carbocycles. The summed E-state index contributed by atoms with van der Waals surface area (Å²) in [7, 11) is 0. The van der Waals surface area contributed by atoms with Gasteiger partial charge in [-0.05, 0) is 0 Å². The minimum absolute atomic E-state index is 0.0493. The standard InChI is InChI=1S/C14H19NO6/c1-4-11(16)19-8-14(7-15,9-20-12(17)5-2)10-21-13(18)6-3/h4-6H,1-3,7-10,15H2. The SMILES string of the molecule is C=CC(=O)OCC(CN)(COC(=O)C=C)COC(=O)C=C. The molecule has 0 aliphatic rings. The van der Waals surface area contributed by atoms with Gasteiger partial charge in [-0.15, -0.1) is 0 Å². The number of nitrogens with two attached hydrogens (primary N) is 1. The van der Waals surface area contributed by atoms with Crippen molar-refractivity contribution >= 4 is 17.9 Å². The molecule has 0 rings (SSSR count). The van der Waals surface area contributed by atoms with E-state index in [0.717, 1.165) is 18.2 Å². The maximum absolute atomic E-state index is 11.1. The van der Waals surface area contributed by atoms with E-state index >= 15 is 0 Å². The lowest BCUT2D eigenvalue weighted by Gasteiger charge is -2.30. The molecule has 0 aromatic carbocycles. The molecule has 0 aliphatic heterocycles. The van der Waals surface area contributed by atoms with Gasteiger partial charge < -0.3 is 19.9 Å². The van der Waals surface area contributed by atoms with E-state index in [9.17, 15) is 14.4 Å². The smallest absolute Gasteiger partial charge is 0.330 e. The van der Waals surface area contributed by atoms with E-state index in [2.05, 4.69) is 19.7 Å². The van der Waals surface area contributed by atoms with Gasteiger partial charge in [0, 0.05) is 24.8 Å². The van der Waals surface area contributed by atoms with Gasteiger partial charge >= 0.3 is 17.9 Å². The third-order valence-corrected chi connectivity index (χ3v) is 2.49. The Labute approximate surface area is 123 Å². The average molecular weight is 297 g/mol. The van der Waals surface area contributed by atoms with Gasteiger partial charge in [0.05, 0.1) is 5.41 Å². The molecule has 0 atom stereocenters. The van der Waals surface area contributed by atoms with Crippen molar-refractivity contribution in [2.45, 2.75) is 0 Å². The fourth-order valence-corrected chi connectivity index (χ4v) is 1.15. The quantitative estimate of drug-likeness (QED) is 0.347. The lowest BCUT2D eigenvalue weighted by atomic mass is 9.91. The Balaban J connectivity index is 4.87. The van der Waals surface area contributed by atoms with Crippen LogP contribution in [0, 0.1) is 5.41 Å². The van der Waals surface area contributed by atoms with Crippen molar-refractivity contribution in [2.75, 3.05) is 26.4 Å². The lowest BCUT2D eigenvalue weighted by molar-refractivity contribution is -0.154. The van der Waals surface area contributed by atoms with Crippen LogP contribution in [-0.4, -0.2) is 44.3 Å². The van der Waals surface area contributed by atoms with E-state index in [1.54, 1.807) is 0 Å². The fraction of sp³-hybridized carbons (Fsp3) is 0.357. The Bertz CT molecular complexity index is 369. The molecule has 0 spiro atoms. The summed E-state index contributed by atoms with van der Waals surface area (Å²) in [5, 5.41) is 0. The zero-order valence-corrected chi connectivity index (χ0v) is 11.7. The first kappa shape index (κ1) is 18.6. The summed E-state index contributed by atoms with van der Waals surface area (Å²) < 4.78 is 14.7. The minimum Gasteiger partial charge on any atom is -0.462 e. The molecular weight excluding hydrogens is 278 g/mol. The highest BCUT2D eigenvalue weighted by molar-refractivity contribution is 5.82. The fourth-order valence-electron chi connectivity index (χ4n) is 1.15. The van der Waals surface area contributed by atoms with Crippen molar-refractivity contribution in [3.8, 4) is 0 Å². The summed E-state index contributed by atoms with van der Waals surface area (Å²) in [5.74, 6) is -2.01. The summed E-state index contributed by atoms with van der Waals surface area (Å²) in [6, 6.07) is 0. The number of esters is 3. The van der Waals surface area contributed by atoms with Crippen LogP contribution in [0.3, 0.4) is 0 Å². The van der Waals surface area contributed by atoms with Crippen molar-refractivity contribution in [1.82, 2.24) is 0 Å². The highest BCUT2D eigenvalue weighted by Gasteiger charge is 2.34. The van der Waals surface area contributed by atoms with Gasteiger partial charge in [0.25, 0.3) is 0 Å². The first-order chi connectivity index (χ1) is 9.92. The first-order valence-corrected chi connectivity index (χ1v) is 6.00. The van der Waals surface area contributed by atoms with Gasteiger partial charge in [-0.25, -0.2) is 14.4 Å². The average Bonchev–Trinajstić information content (AvgIpc) is 2.53. The predicted octanol–water partition coefficient (Wildman–Crippen LogP) is 0.119. The first-order valence-electron chi connectivity index (χ1n) is 6.00. The Morgan fingerprint density at radius 1 is 0.810 bits per heavy atom. The van der Waals surface area contributed by atoms with Crippen molar-refractivity contribution in [2.24, 2.45) is 11.1 Å². The molecule has 0 aromatic rings. The third-order valence-electron chi connectivity index (χ3n) is 2.49. The molecule has 0 aliphatic carbocycles. The van der Waals surface area contributed by atoms with Crippen LogP contribution < -0.4 is 5.73 Å². The van der Waals surface area contributed by atoms with Crippen LogP contribution in [0.25, 0.3) is 0 Å². The van der Waals surface area contributed by atoms with Crippen LogP contribution in [0.15, 0.2) is 38.0 Å². The number of hydrogen-bond acceptors (Lipinski definition) is 7. The van der Waals surface area contributed by atoms with E-state index in [4.69, 9.17) is 19.9 Å². The van der Waals surface area contributed by atoms with Crippen LogP contribution in [0.1, 0.15) is 0 Å². The molecule has 7 heteroatoms. The molecular formula is C14H19NO6. The van der Waals surface area contributed by atoms with E-state index in [-0.39, 0.29) is 26.4 Å². The number of carbonyl (C=O) groups is 3. The van der Waals surface area contributed by atoms with Crippen molar-refractivity contribution < 1.29 is 28.6 Å². The third kappa shape index (κ3) is 7.07. The van der Waals surface area contributed by atoms with Crippen LogP contribution in [-0.2, 0) is 28.6 Å². The van der Waals surface area contributed by atoms with Gasteiger partial charge in [-0.3, -0.25) is 0 Å². The molecule has 0 saturated heterocycles. The molecule has 0 fully saturated rings. The van der Waals surface area contributed by atoms with Crippen molar-refractivity contribution in [1.29, 1.82) is 0 Å². The molecule has 0 radical (unpaired) electrons. The number of carbonyl (C=O) groups excluding carboxylic acids is 3. The molecule has 7 nitrogen and oxygen atoms in total. The Morgan fingerprint density at radius 3 is 1.29 bits per heavy atom. The summed E-state index contributed by atoms with van der Waals surface area (Å²) in [6.07, 6.45) is 2.94. The second kappa shape index (κ2) is 9.49. The van der Waals surface area contributed by atoms with Gasteiger partial charge in [-0.1, -0.05) is 19.7 Å². The molecule has 0 heterocycles. The maximum Gasteiger partial charge on any atom is 0.330 e. The van der Waals surface area contributed by atoms with Gasteiger partial charge in [0.1, 0.15) is 19.8 Å². The van der Waals surface area contributed by atoms with Gasteiger partial charge in [0.15, 0.2) is 0 Å². The number of hydrogen-bond donors (Lipinski definition) is 1. The molecule has 2 N–H and O–H groups in total. The Morgan fingerprint density at radius 2 is 1.10 bits per heavy atom. The minimum atomic E-state index is -1.06. The highest BCUT2D eigenvalue weighted by atomic mass is 16.6. The largest absolute Gasteiger partial charge is 0.462 e. The second-order valence-electron chi connectivity index (χ2n) is 4.14. The zero-order chi connectivity index (χ0) is 16.3. The topological polar surface area (TPSA) is 105 Å². The Kier molecular flexibility index (Phi) is 8.40. The second-order valence-corrected chi connectivity index (χ2v) is 4.14. The van der Waals surface area contributed by atoms with Crippen LogP contribution in [0.5, 0.6) is 0 Å². The highest BCUT2D eigenvalue weighted by Crippen LogP contribution is 2.18. The monoisotopic (exact) mass is 297 g/mol. The summed E-state index contributed by atoms with van der Waals surface area (Å²) in [6.45, 7) is 9.11. The molecule has 21 heavy (non-hydrogen) atoms. The normalized spacial score (nSPS) is 10.1. The predicted molar refractivity (Wildman–Crippen MR) is 75.0 cm³/mol.